The zero-order valence-corrected chi connectivity index (χ0v) is 14.0. The third kappa shape index (κ3) is 2.58. The number of nitrogens with zero attached hydrogens (tertiary/aromatic N) is 4. The van der Waals surface area contributed by atoms with Crippen molar-refractivity contribution in [2.75, 3.05) is 7.05 Å². The minimum Gasteiger partial charge on any atom is -0.294 e. The van der Waals surface area contributed by atoms with Crippen LogP contribution in [0.5, 0.6) is 0 Å². The van der Waals surface area contributed by atoms with Gasteiger partial charge in [-0.3, -0.25) is 9.69 Å². The van der Waals surface area contributed by atoms with E-state index in [0.29, 0.717) is 17.5 Å². The minimum atomic E-state index is -0.102. The van der Waals surface area contributed by atoms with Crippen LogP contribution in [-0.4, -0.2) is 26.5 Å². The highest BCUT2D eigenvalue weighted by Crippen LogP contribution is 2.35. The Morgan fingerprint density at radius 2 is 2.22 bits per heavy atom. The minimum absolute atomic E-state index is 0.102. The number of aromatic nitrogens is 3. The fourth-order valence-corrected chi connectivity index (χ4v) is 4.16. The van der Waals surface area contributed by atoms with Crippen molar-refractivity contribution in [3.63, 3.8) is 0 Å². The first-order valence-electron chi connectivity index (χ1n) is 7.76. The molecule has 1 aromatic carbocycles. The smallest absolute Gasteiger partial charge is 0.275 e. The molecule has 0 bridgehead atoms. The average molecular weight is 326 g/mol. The van der Waals surface area contributed by atoms with Gasteiger partial charge in [-0.05, 0) is 37.9 Å². The van der Waals surface area contributed by atoms with E-state index >= 15 is 0 Å². The Morgan fingerprint density at radius 3 is 3.09 bits per heavy atom. The highest BCUT2D eigenvalue weighted by molar-refractivity contribution is 7.16. The van der Waals surface area contributed by atoms with Gasteiger partial charge in [0, 0.05) is 18.7 Å². The van der Waals surface area contributed by atoms with Gasteiger partial charge >= 0.3 is 0 Å². The SMILES string of the molecule is Cc1nn2c(=O)cc(CN(C)[C@@H]3CCc4ccccc43)nc2s1. The van der Waals surface area contributed by atoms with Crippen molar-refractivity contribution in [2.45, 2.75) is 32.4 Å². The van der Waals surface area contributed by atoms with E-state index in [-0.39, 0.29) is 5.56 Å². The maximum absolute atomic E-state index is 12.2. The zero-order chi connectivity index (χ0) is 16.0. The maximum Gasteiger partial charge on any atom is 0.275 e. The normalized spacial score (nSPS) is 17.1. The maximum atomic E-state index is 12.2. The van der Waals surface area contributed by atoms with Crippen molar-refractivity contribution in [3.8, 4) is 0 Å². The molecule has 1 aliphatic carbocycles. The van der Waals surface area contributed by atoms with Crippen LogP contribution in [-0.2, 0) is 13.0 Å². The van der Waals surface area contributed by atoms with Gasteiger partial charge in [0.1, 0.15) is 5.01 Å². The molecular formula is C17H18N4OS. The molecule has 2 heterocycles. The quantitative estimate of drug-likeness (QED) is 0.742. The topological polar surface area (TPSA) is 50.5 Å². The molecule has 0 amide bonds. The first kappa shape index (κ1) is 14.5. The number of fused-ring (bicyclic) bond motifs is 2. The van der Waals surface area contributed by atoms with Crippen molar-refractivity contribution in [3.05, 3.63) is 62.5 Å². The van der Waals surface area contributed by atoms with Crippen molar-refractivity contribution < 1.29 is 0 Å². The van der Waals surface area contributed by atoms with Gasteiger partial charge in [0.05, 0.1) is 5.69 Å². The molecule has 0 radical (unpaired) electrons. The largest absolute Gasteiger partial charge is 0.294 e. The van der Waals surface area contributed by atoms with E-state index in [2.05, 4.69) is 46.3 Å². The van der Waals surface area contributed by atoms with Crippen molar-refractivity contribution >= 4 is 16.3 Å². The molecule has 0 aliphatic heterocycles. The summed E-state index contributed by atoms with van der Waals surface area (Å²) in [5.41, 5.74) is 3.55. The van der Waals surface area contributed by atoms with Crippen LogP contribution < -0.4 is 5.56 Å². The molecule has 0 saturated carbocycles. The summed E-state index contributed by atoms with van der Waals surface area (Å²) >= 11 is 1.45. The van der Waals surface area contributed by atoms with Gasteiger partial charge in [-0.2, -0.15) is 9.61 Å². The van der Waals surface area contributed by atoms with Crippen molar-refractivity contribution in [1.29, 1.82) is 0 Å². The van der Waals surface area contributed by atoms with Gasteiger partial charge in [0.2, 0.25) is 4.96 Å². The zero-order valence-electron chi connectivity index (χ0n) is 13.2. The van der Waals surface area contributed by atoms with Crippen LogP contribution in [0.15, 0.2) is 35.1 Å². The first-order chi connectivity index (χ1) is 11.1. The van der Waals surface area contributed by atoms with Crippen LogP contribution in [0.1, 0.15) is 34.3 Å². The van der Waals surface area contributed by atoms with Crippen LogP contribution >= 0.6 is 11.3 Å². The summed E-state index contributed by atoms with van der Waals surface area (Å²) in [5.74, 6) is 0. The number of hydrogen-bond acceptors (Lipinski definition) is 5. The van der Waals surface area contributed by atoms with Crippen LogP contribution in [0.4, 0.5) is 0 Å². The average Bonchev–Trinajstić information content (AvgIpc) is 3.10. The Bertz CT molecular complexity index is 930. The van der Waals surface area contributed by atoms with Crippen molar-refractivity contribution in [2.24, 2.45) is 0 Å². The number of benzene rings is 1. The summed E-state index contributed by atoms with van der Waals surface area (Å²) in [6.45, 7) is 2.56. The molecule has 2 aromatic heterocycles. The van der Waals surface area contributed by atoms with E-state index in [0.717, 1.165) is 23.5 Å². The van der Waals surface area contributed by atoms with Crippen LogP contribution in [0.2, 0.25) is 0 Å². The van der Waals surface area contributed by atoms with E-state index in [4.69, 9.17) is 0 Å². The van der Waals surface area contributed by atoms with Crippen molar-refractivity contribution in [1.82, 2.24) is 19.5 Å². The fraction of sp³-hybridized carbons (Fsp3) is 0.353. The first-order valence-corrected chi connectivity index (χ1v) is 8.58. The predicted octanol–water partition coefficient (Wildman–Crippen LogP) is 2.58. The third-order valence-electron chi connectivity index (χ3n) is 4.44. The molecule has 118 valence electrons. The van der Waals surface area contributed by atoms with Gasteiger partial charge in [0.25, 0.3) is 5.56 Å². The number of aryl methyl sites for hydroxylation is 2. The van der Waals surface area contributed by atoms with Gasteiger partial charge in [-0.1, -0.05) is 35.6 Å². The Balaban J connectivity index is 1.62. The third-order valence-corrected chi connectivity index (χ3v) is 5.27. The lowest BCUT2D eigenvalue weighted by molar-refractivity contribution is 0.233. The molecule has 1 aliphatic rings. The number of rotatable bonds is 3. The molecule has 0 fully saturated rings. The summed E-state index contributed by atoms with van der Waals surface area (Å²) in [5, 5.41) is 5.04. The molecule has 0 N–H and O–H groups in total. The second kappa shape index (κ2) is 5.54. The second-order valence-corrected chi connectivity index (χ2v) is 7.23. The van der Waals surface area contributed by atoms with Gasteiger partial charge < -0.3 is 0 Å². The molecule has 0 spiro atoms. The molecule has 5 nitrogen and oxygen atoms in total. The molecule has 0 saturated heterocycles. The molecule has 4 rings (SSSR count). The standard InChI is InChI=1S/C17H18N4OS/c1-11-19-21-16(22)9-13(18-17(21)23-11)10-20(2)15-8-7-12-5-3-4-6-14(12)15/h3-6,9,15H,7-8,10H2,1-2H3/t15-/m1/s1. The molecular weight excluding hydrogens is 308 g/mol. The Morgan fingerprint density at radius 1 is 1.39 bits per heavy atom. The fourth-order valence-electron chi connectivity index (χ4n) is 3.39. The number of hydrogen-bond donors (Lipinski definition) is 0. The monoisotopic (exact) mass is 326 g/mol. The molecule has 1 atom stereocenters. The summed E-state index contributed by atoms with van der Waals surface area (Å²) in [6.07, 6.45) is 2.24. The van der Waals surface area contributed by atoms with Crippen LogP contribution in [0.3, 0.4) is 0 Å². The summed E-state index contributed by atoms with van der Waals surface area (Å²) < 4.78 is 1.38. The predicted molar refractivity (Wildman–Crippen MR) is 90.8 cm³/mol. The van der Waals surface area contributed by atoms with E-state index in [1.165, 1.54) is 27.0 Å². The highest BCUT2D eigenvalue weighted by Gasteiger charge is 2.25. The van der Waals surface area contributed by atoms with E-state index in [9.17, 15) is 4.79 Å². The summed E-state index contributed by atoms with van der Waals surface area (Å²) in [6, 6.07) is 10.6. The summed E-state index contributed by atoms with van der Waals surface area (Å²) in [4.78, 5) is 19.7. The van der Waals surface area contributed by atoms with Crippen LogP contribution in [0, 0.1) is 6.92 Å². The Kier molecular flexibility index (Phi) is 3.50. The summed E-state index contributed by atoms with van der Waals surface area (Å²) in [7, 11) is 2.11. The van der Waals surface area contributed by atoms with Gasteiger partial charge in [0.15, 0.2) is 0 Å². The molecule has 3 aromatic rings. The lowest BCUT2D eigenvalue weighted by Crippen LogP contribution is -2.25. The molecule has 6 heteroatoms. The lowest BCUT2D eigenvalue weighted by atomic mass is 10.1. The molecule has 0 unspecified atom stereocenters. The van der Waals surface area contributed by atoms with E-state index < -0.39 is 0 Å². The van der Waals surface area contributed by atoms with Gasteiger partial charge in [-0.15, -0.1) is 0 Å². The molecule has 23 heavy (non-hydrogen) atoms. The van der Waals surface area contributed by atoms with Crippen LogP contribution in [0.25, 0.3) is 4.96 Å². The highest BCUT2D eigenvalue weighted by atomic mass is 32.1. The van der Waals surface area contributed by atoms with E-state index in [1.54, 1.807) is 6.07 Å². The van der Waals surface area contributed by atoms with E-state index in [1.807, 2.05) is 6.92 Å². The Hall–Kier alpha value is -2.05. The van der Waals surface area contributed by atoms with Gasteiger partial charge in [-0.25, -0.2) is 4.98 Å². The second-order valence-electron chi connectivity index (χ2n) is 6.07. The Labute approximate surface area is 138 Å². The lowest BCUT2D eigenvalue weighted by Gasteiger charge is -2.24.